The first-order valence-corrected chi connectivity index (χ1v) is 10.4. The van der Waals surface area contributed by atoms with Crippen LogP contribution in [0.15, 0.2) is 48.5 Å². The number of amides is 1. The third kappa shape index (κ3) is 3.63. The molecule has 2 aromatic carbocycles. The second-order valence-corrected chi connectivity index (χ2v) is 7.65. The highest BCUT2D eigenvalue weighted by atomic mass is 16.6. The van der Waals surface area contributed by atoms with Crippen LogP contribution in [0.2, 0.25) is 0 Å². The number of imidazole rings is 1. The molecule has 0 aliphatic carbocycles. The van der Waals surface area contributed by atoms with Gasteiger partial charge < -0.3 is 24.3 Å². The second kappa shape index (κ2) is 7.83. The van der Waals surface area contributed by atoms with Crippen LogP contribution >= 0.6 is 0 Å². The van der Waals surface area contributed by atoms with E-state index in [2.05, 4.69) is 19.9 Å². The number of nitrogens with zero attached hydrogens (tertiary/aromatic N) is 2. The molecule has 7 nitrogen and oxygen atoms in total. The third-order valence-electron chi connectivity index (χ3n) is 5.55. The van der Waals surface area contributed by atoms with E-state index >= 15 is 0 Å². The zero-order valence-electron chi connectivity index (χ0n) is 17.6. The largest absolute Gasteiger partial charge is 0.486 e. The van der Waals surface area contributed by atoms with E-state index in [4.69, 9.17) is 9.47 Å². The Kier molecular flexibility index (Phi) is 4.86. The highest BCUT2D eigenvalue weighted by Gasteiger charge is 2.19. The van der Waals surface area contributed by atoms with E-state index in [-0.39, 0.29) is 5.91 Å². The van der Waals surface area contributed by atoms with Crippen LogP contribution in [-0.2, 0) is 6.42 Å². The molecule has 0 fully saturated rings. The molecule has 0 radical (unpaired) electrons. The summed E-state index contributed by atoms with van der Waals surface area (Å²) in [7, 11) is 0. The van der Waals surface area contributed by atoms with E-state index in [9.17, 15) is 4.79 Å². The highest BCUT2D eigenvalue weighted by Crippen LogP contribution is 2.33. The lowest BCUT2D eigenvalue weighted by molar-refractivity contribution is 0.0953. The molecular weight excluding hydrogens is 392 g/mol. The molecule has 1 aliphatic heterocycles. The molecule has 31 heavy (non-hydrogen) atoms. The SMILES string of the molecule is Cc1cc(C(=O)NCCc2nc3ccccc3[nH]2)c(C)n1-c1ccc2c(c1)OCCO2. The first kappa shape index (κ1) is 19.2. The van der Waals surface area contributed by atoms with Crippen molar-refractivity contribution in [3.8, 4) is 17.2 Å². The standard InChI is InChI=1S/C24H24N4O3/c1-15-13-18(16(2)28(15)17-7-8-21-22(14-17)31-12-11-30-21)24(29)25-10-9-23-26-19-5-3-4-6-20(19)27-23/h3-8,13-14H,9-12H2,1-2H3,(H,25,29)(H,26,27). The molecule has 3 heterocycles. The number of aromatic amines is 1. The Morgan fingerprint density at radius 1 is 1.10 bits per heavy atom. The average molecular weight is 416 g/mol. The first-order valence-electron chi connectivity index (χ1n) is 10.4. The molecule has 1 aliphatic rings. The van der Waals surface area contributed by atoms with Crippen molar-refractivity contribution in [2.24, 2.45) is 0 Å². The molecule has 0 spiro atoms. The van der Waals surface area contributed by atoms with E-state index < -0.39 is 0 Å². The van der Waals surface area contributed by atoms with E-state index in [1.54, 1.807) is 0 Å². The molecule has 4 aromatic rings. The Morgan fingerprint density at radius 2 is 1.90 bits per heavy atom. The third-order valence-corrected chi connectivity index (χ3v) is 5.55. The number of rotatable bonds is 5. The van der Waals surface area contributed by atoms with Crippen molar-refractivity contribution in [3.63, 3.8) is 0 Å². The van der Waals surface area contributed by atoms with E-state index in [0.717, 1.165) is 45.4 Å². The fraction of sp³-hybridized carbons (Fsp3) is 0.250. The molecule has 0 saturated carbocycles. The number of aryl methyl sites for hydroxylation is 1. The van der Waals surface area contributed by atoms with Crippen LogP contribution in [-0.4, -0.2) is 40.2 Å². The number of carbonyl (C=O) groups excluding carboxylic acids is 1. The van der Waals surface area contributed by atoms with Crippen LogP contribution in [0.5, 0.6) is 11.5 Å². The van der Waals surface area contributed by atoms with Crippen molar-refractivity contribution >= 4 is 16.9 Å². The molecule has 5 rings (SSSR count). The topological polar surface area (TPSA) is 81.2 Å². The summed E-state index contributed by atoms with van der Waals surface area (Å²) in [4.78, 5) is 20.7. The highest BCUT2D eigenvalue weighted by molar-refractivity contribution is 5.96. The Balaban J connectivity index is 1.31. The van der Waals surface area contributed by atoms with Gasteiger partial charge >= 0.3 is 0 Å². The van der Waals surface area contributed by atoms with Gasteiger partial charge in [0.05, 0.1) is 16.6 Å². The lowest BCUT2D eigenvalue weighted by Gasteiger charge is -2.20. The van der Waals surface area contributed by atoms with Crippen LogP contribution in [0, 0.1) is 13.8 Å². The average Bonchev–Trinajstić information content (AvgIpc) is 3.33. The fourth-order valence-electron chi connectivity index (χ4n) is 4.07. The van der Waals surface area contributed by atoms with Gasteiger partial charge in [-0.2, -0.15) is 0 Å². The molecular formula is C24H24N4O3. The van der Waals surface area contributed by atoms with Crippen molar-refractivity contribution in [1.29, 1.82) is 0 Å². The van der Waals surface area contributed by atoms with Gasteiger partial charge in [-0.1, -0.05) is 12.1 Å². The van der Waals surface area contributed by atoms with Crippen molar-refractivity contribution in [2.45, 2.75) is 20.3 Å². The summed E-state index contributed by atoms with van der Waals surface area (Å²) in [5, 5.41) is 3.02. The smallest absolute Gasteiger partial charge is 0.253 e. The summed E-state index contributed by atoms with van der Waals surface area (Å²) < 4.78 is 13.4. The fourth-order valence-corrected chi connectivity index (χ4v) is 4.07. The molecule has 0 unspecified atom stereocenters. The number of hydrogen-bond donors (Lipinski definition) is 2. The van der Waals surface area contributed by atoms with Gasteiger partial charge in [-0.15, -0.1) is 0 Å². The molecule has 2 N–H and O–H groups in total. The molecule has 2 aromatic heterocycles. The molecule has 158 valence electrons. The van der Waals surface area contributed by atoms with Crippen LogP contribution in [0.25, 0.3) is 16.7 Å². The van der Waals surface area contributed by atoms with Gasteiger partial charge in [0.1, 0.15) is 19.0 Å². The summed E-state index contributed by atoms with van der Waals surface area (Å²) in [5.41, 5.74) is 5.42. The minimum Gasteiger partial charge on any atom is -0.486 e. The predicted molar refractivity (Wildman–Crippen MR) is 118 cm³/mol. The normalized spacial score (nSPS) is 12.8. The molecule has 0 atom stereocenters. The van der Waals surface area contributed by atoms with Crippen molar-refractivity contribution in [1.82, 2.24) is 19.9 Å². The number of aromatic nitrogens is 3. The summed E-state index contributed by atoms with van der Waals surface area (Å²) >= 11 is 0. The second-order valence-electron chi connectivity index (χ2n) is 7.65. The first-order chi connectivity index (χ1) is 15.1. The zero-order valence-corrected chi connectivity index (χ0v) is 17.6. The van der Waals surface area contributed by atoms with Crippen LogP contribution in [0.3, 0.4) is 0 Å². The van der Waals surface area contributed by atoms with Gasteiger partial charge in [-0.25, -0.2) is 4.98 Å². The molecule has 1 amide bonds. The molecule has 0 bridgehead atoms. The number of fused-ring (bicyclic) bond motifs is 2. The maximum atomic E-state index is 12.9. The Hall–Kier alpha value is -3.74. The monoisotopic (exact) mass is 416 g/mol. The number of nitrogens with one attached hydrogen (secondary N) is 2. The van der Waals surface area contributed by atoms with Crippen molar-refractivity contribution in [2.75, 3.05) is 19.8 Å². The van der Waals surface area contributed by atoms with Crippen LogP contribution < -0.4 is 14.8 Å². The van der Waals surface area contributed by atoms with Gasteiger partial charge in [-0.05, 0) is 44.2 Å². The van der Waals surface area contributed by atoms with Gasteiger partial charge in [0.15, 0.2) is 11.5 Å². The number of para-hydroxylation sites is 2. The minimum absolute atomic E-state index is 0.0898. The Labute approximate surface area is 180 Å². The number of H-pyrrole nitrogens is 1. The summed E-state index contributed by atoms with van der Waals surface area (Å²) in [6, 6.07) is 15.7. The Bertz CT molecular complexity index is 1240. The van der Waals surface area contributed by atoms with Crippen LogP contribution in [0.1, 0.15) is 27.6 Å². The maximum Gasteiger partial charge on any atom is 0.253 e. The Morgan fingerprint density at radius 3 is 2.74 bits per heavy atom. The summed E-state index contributed by atoms with van der Waals surface area (Å²) in [6.07, 6.45) is 0.640. The molecule has 0 saturated heterocycles. The lowest BCUT2D eigenvalue weighted by Crippen LogP contribution is -2.26. The number of benzene rings is 2. The summed E-state index contributed by atoms with van der Waals surface area (Å²) in [6.45, 7) is 5.56. The lowest BCUT2D eigenvalue weighted by atomic mass is 10.2. The van der Waals surface area contributed by atoms with Gasteiger partial charge in [0, 0.05) is 36.1 Å². The number of hydrogen-bond acceptors (Lipinski definition) is 4. The van der Waals surface area contributed by atoms with Gasteiger partial charge in [-0.3, -0.25) is 4.79 Å². The molecule has 7 heteroatoms. The zero-order chi connectivity index (χ0) is 21.4. The van der Waals surface area contributed by atoms with E-state index in [1.807, 2.05) is 62.4 Å². The van der Waals surface area contributed by atoms with Gasteiger partial charge in [0.2, 0.25) is 0 Å². The van der Waals surface area contributed by atoms with E-state index in [1.165, 1.54) is 0 Å². The van der Waals surface area contributed by atoms with Crippen LogP contribution in [0.4, 0.5) is 0 Å². The van der Waals surface area contributed by atoms with E-state index in [0.29, 0.717) is 31.7 Å². The summed E-state index contributed by atoms with van der Waals surface area (Å²) in [5.74, 6) is 2.25. The van der Waals surface area contributed by atoms with Crippen molar-refractivity contribution in [3.05, 3.63) is 71.3 Å². The maximum absolute atomic E-state index is 12.9. The minimum atomic E-state index is -0.0898. The number of carbonyl (C=O) groups is 1. The van der Waals surface area contributed by atoms with Crippen molar-refractivity contribution < 1.29 is 14.3 Å². The number of ether oxygens (including phenoxy) is 2. The quantitative estimate of drug-likeness (QED) is 0.520. The predicted octanol–water partition coefficient (Wildman–Crippen LogP) is 3.71. The van der Waals surface area contributed by atoms with Gasteiger partial charge in [0.25, 0.3) is 5.91 Å².